The summed E-state index contributed by atoms with van der Waals surface area (Å²) in [5.41, 5.74) is 8.05. The van der Waals surface area contributed by atoms with E-state index in [0.29, 0.717) is 17.8 Å². The molecule has 2 N–H and O–H groups in total. The fourth-order valence-corrected chi connectivity index (χ4v) is 3.34. The summed E-state index contributed by atoms with van der Waals surface area (Å²) in [4.78, 5) is 14.0. The first-order valence-electron chi connectivity index (χ1n) is 9.72. The van der Waals surface area contributed by atoms with Gasteiger partial charge < -0.3 is 14.4 Å². The van der Waals surface area contributed by atoms with Gasteiger partial charge in [0, 0.05) is 25.7 Å². The van der Waals surface area contributed by atoms with Gasteiger partial charge in [0.15, 0.2) is 6.61 Å². The largest absolute Gasteiger partial charge is 0.497 e. The van der Waals surface area contributed by atoms with Crippen molar-refractivity contribution >= 4 is 5.91 Å². The number of hydrogen-bond donors (Lipinski definition) is 2. The predicted molar refractivity (Wildman–Crippen MR) is 109 cm³/mol. The summed E-state index contributed by atoms with van der Waals surface area (Å²) >= 11 is 0. The van der Waals surface area contributed by atoms with Crippen LogP contribution in [0.3, 0.4) is 0 Å². The Labute approximate surface area is 166 Å². The first-order valence-corrected chi connectivity index (χ1v) is 9.72. The van der Waals surface area contributed by atoms with Crippen molar-refractivity contribution in [3.8, 4) is 11.5 Å². The molecule has 2 atom stereocenters. The van der Waals surface area contributed by atoms with Crippen LogP contribution < -0.4 is 20.3 Å². The van der Waals surface area contributed by atoms with E-state index in [2.05, 4.69) is 35.1 Å². The zero-order chi connectivity index (χ0) is 19.8. The monoisotopic (exact) mass is 383 g/mol. The highest BCUT2D eigenvalue weighted by Gasteiger charge is 2.24. The number of rotatable bonds is 9. The number of hydrazine groups is 1. The number of methoxy groups -OCH3 is 1. The van der Waals surface area contributed by atoms with Crippen molar-refractivity contribution in [2.24, 2.45) is 0 Å². The lowest BCUT2D eigenvalue weighted by Gasteiger charge is -2.18. The number of likely N-dealkylation sites (N-methyl/N-ethyl adjacent to an activating group) is 1. The molecule has 28 heavy (non-hydrogen) atoms. The number of hydrogen-bond acceptors (Lipinski definition) is 5. The molecule has 1 fully saturated rings. The molecule has 0 spiro atoms. The maximum atomic E-state index is 12.3. The van der Waals surface area contributed by atoms with Crippen LogP contribution in [0.2, 0.25) is 0 Å². The third-order valence-electron chi connectivity index (χ3n) is 5.08. The minimum absolute atomic E-state index is 0.0181. The molecule has 1 aliphatic rings. The van der Waals surface area contributed by atoms with Crippen LogP contribution >= 0.6 is 0 Å². The van der Waals surface area contributed by atoms with Gasteiger partial charge in [-0.05, 0) is 49.1 Å². The van der Waals surface area contributed by atoms with E-state index in [1.807, 2.05) is 25.2 Å². The summed E-state index contributed by atoms with van der Waals surface area (Å²) in [7, 11) is 3.44. The summed E-state index contributed by atoms with van der Waals surface area (Å²) in [6.07, 6.45) is 3.03. The number of amides is 1. The van der Waals surface area contributed by atoms with Crippen LogP contribution in [0, 0.1) is 0 Å². The molecule has 2 aromatic rings. The van der Waals surface area contributed by atoms with Gasteiger partial charge in [0.2, 0.25) is 0 Å². The zero-order valence-electron chi connectivity index (χ0n) is 16.6. The Balaban J connectivity index is 1.33. The van der Waals surface area contributed by atoms with Gasteiger partial charge in [-0.1, -0.05) is 30.3 Å². The third-order valence-corrected chi connectivity index (χ3v) is 5.08. The van der Waals surface area contributed by atoms with Gasteiger partial charge in [0.1, 0.15) is 11.5 Å². The third kappa shape index (κ3) is 5.71. The summed E-state index contributed by atoms with van der Waals surface area (Å²) in [5, 5.41) is 0. The molecule has 1 heterocycles. The predicted octanol–water partition coefficient (Wildman–Crippen LogP) is 2.92. The molecule has 0 aromatic heterocycles. The maximum Gasteiger partial charge on any atom is 0.260 e. The fourth-order valence-electron chi connectivity index (χ4n) is 3.34. The first kappa shape index (κ1) is 20.2. The van der Waals surface area contributed by atoms with Crippen LogP contribution in [0.5, 0.6) is 11.5 Å². The summed E-state index contributed by atoms with van der Waals surface area (Å²) in [6.45, 7) is 0.765. The van der Waals surface area contributed by atoms with Crippen LogP contribution in [-0.4, -0.2) is 44.2 Å². The molecule has 2 unspecified atom stereocenters. The number of ether oxygens (including phenoxy) is 2. The standard InChI is InChI=1S/C22H29N3O3/c1-25(22(26)16-28-20-12-10-19(27-2)11-13-20)14-6-9-18-15-21(24-23-18)17-7-4-3-5-8-17/h3-5,7-8,10-13,18,21,23-24H,6,9,14-16H2,1-2H3. The molecular formula is C22H29N3O3. The van der Waals surface area contributed by atoms with Gasteiger partial charge in [-0.2, -0.15) is 0 Å². The fraction of sp³-hybridized carbons (Fsp3) is 0.409. The van der Waals surface area contributed by atoms with Crippen molar-refractivity contribution < 1.29 is 14.3 Å². The number of carbonyl (C=O) groups excluding carboxylic acids is 1. The highest BCUT2D eigenvalue weighted by Crippen LogP contribution is 2.23. The summed E-state index contributed by atoms with van der Waals surface area (Å²) < 4.78 is 10.7. The molecule has 6 nitrogen and oxygen atoms in total. The molecule has 0 saturated carbocycles. The molecule has 1 aliphatic heterocycles. The van der Waals surface area contributed by atoms with Crippen LogP contribution in [-0.2, 0) is 4.79 Å². The van der Waals surface area contributed by atoms with Gasteiger partial charge >= 0.3 is 0 Å². The van der Waals surface area contributed by atoms with Crippen molar-refractivity contribution in [3.05, 3.63) is 60.2 Å². The second kappa shape index (κ2) is 10.1. The average Bonchev–Trinajstić information content (AvgIpc) is 3.22. The van der Waals surface area contributed by atoms with E-state index in [4.69, 9.17) is 9.47 Å². The average molecular weight is 383 g/mol. The zero-order valence-corrected chi connectivity index (χ0v) is 16.6. The molecule has 1 saturated heterocycles. The Kier molecular flexibility index (Phi) is 7.28. The van der Waals surface area contributed by atoms with Crippen LogP contribution in [0.1, 0.15) is 30.9 Å². The number of nitrogens with zero attached hydrogens (tertiary/aromatic N) is 1. The van der Waals surface area contributed by atoms with Crippen molar-refractivity contribution in [2.45, 2.75) is 31.3 Å². The molecule has 150 valence electrons. The summed E-state index contributed by atoms with van der Waals surface area (Å²) in [5.74, 6) is 1.41. The topological polar surface area (TPSA) is 62.8 Å². The van der Waals surface area contributed by atoms with E-state index in [1.54, 1.807) is 24.1 Å². The normalized spacial score (nSPS) is 18.6. The number of nitrogens with one attached hydrogen (secondary N) is 2. The van der Waals surface area contributed by atoms with Crippen molar-refractivity contribution in [1.82, 2.24) is 15.8 Å². The Morgan fingerprint density at radius 3 is 2.50 bits per heavy atom. The minimum atomic E-state index is -0.0181. The van der Waals surface area contributed by atoms with Crippen molar-refractivity contribution in [1.29, 1.82) is 0 Å². The Bertz CT molecular complexity index is 736. The highest BCUT2D eigenvalue weighted by molar-refractivity contribution is 5.77. The van der Waals surface area contributed by atoms with Gasteiger partial charge in [0.05, 0.1) is 7.11 Å². The van der Waals surface area contributed by atoms with E-state index in [-0.39, 0.29) is 12.5 Å². The van der Waals surface area contributed by atoms with Crippen LogP contribution in [0.25, 0.3) is 0 Å². The Hall–Kier alpha value is -2.57. The maximum absolute atomic E-state index is 12.3. The highest BCUT2D eigenvalue weighted by atomic mass is 16.5. The quantitative estimate of drug-likeness (QED) is 0.697. The van der Waals surface area contributed by atoms with Gasteiger partial charge in [-0.15, -0.1) is 0 Å². The molecule has 0 bridgehead atoms. The lowest BCUT2D eigenvalue weighted by Crippen LogP contribution is -2.34. The first-order chi connectivity index (χ1) is 13.7. The molecule has 3 rings (SSSR count). The van der Waals surface area contributed by atoms with E-state index >= 15 is 0 Å². The van der Waals surface area contributed by atoms with Gasteiger partial charge in [0.25, 0.3) is 5.91 Å². The molecule has 6 heteroatoms. The molecule has 0 radical (unpaired) electrons. The van der Waals surface area contributed by atoms with Crippen LogP contribution in [0.15, 0.2) is 54.6 Å². The minimum Gasteiger partial charge on any atom is -0.497 e. The van der Waals surface area contributed by atoms with Gasteiger partial charge in [-0.3, -0.25) is 15.6 Å². The van der Waals surface area contributed by atoms with E-state index in [1.165, 1.54) is 5.56 Å². The smallest absolute Gasteiger partial charge is 0.260 e. The Morgan fingerprint density at radius 1 is 1.07 bits per heavy atom. The Morgan fingerprint density at radius 2 is 1.79 bits per heavy atom. The summed E-state index contributed by atoms with van der Waals surface area (Å²) in [6, 6.07) is 18.5. The number of benzene rings is 2. The molecular weight excluding hydrogens is 354 g/mol. The van der Waals surface area contributed by atoms with Crippen molar-refractivity contribution in [2.75, 3.05) is 27.3 Å². The lowest BCUT2D eigenvalue weighted by molar-refractivity contribution is -0.132. The van der Waals surface area contributed by atoms with E-state index in [9.17, 15) is 4.79 Å². The molecule has 0 aliphatic carbocycles. The van der Waals surface area contributed by atoms with Crippen molar-refractivity contribution in [3.63, 3.8) is 0 Å². The van der Waals surface area contributed by atoms with Gasteiger partial charge in [-0.25, -0.2) is 0 Å². The molecule has 1 amide bonds. The van der Waals surface area contributed by atoms with Crippen LogP contribution in [0.4, 0.5) is 0 Å². The molecule has 2 aromatic carbocycles. The number of carbonyl (C=O) groups is 1. The van der Waals surface area contributed by atoms with E-state index in [0.717, 1.165) is 31.6 Å². The van der Waals surface area contributed by atoms with E-state index < -0.39 is 0 Å². The SMILES string of the molecule is COc1ccc(OCC(=O)N(C)CCCC2CC(c3ccccc3)NN2)cc1. The second-order valence-corrected chi connectivity index (χ2v) is 7.11. The lowest BCUT2D eigenvalue weighted by atomic mass is 10.00. The second-order valence-electron chi connectivity index (χ2n) is 7.11.